The third kappa shape index (κ3) is 2.46. The van der Waals surface area contributed by atoms with Gasteiger partial charge in [-0.1, -0.05) is 12.8 Å². The monoisotopic (exact) mass is 306 g/mol. The zero-order valence-corrected chi connectivity index (χ0v) is 12.7. The highest BCUT2D eigenvalue weighted by molar-refractivity contribution is 5.45. The minimum Gasteiger partial charge on any atom is -0.508 e. The van der Waals surface area contributed by atoms with E-state index >= 15 is 0 Å². The number of non-ortho nitro benzene ring substituents is 1. The molecule has 0 bridgehead atoms. The molecule has 3 atom stereocenters. The van der Waals surface area contributed by atoms with E-state index < -0.39 is 10.5 Å². The van der Waals surface area contributed by atoms with Gasteiger partial charge in [0, 0.05) is 36.2 Å². The summed E-state index contributed by atoms with van der Waals surface area (Å²) < 4.78 is 0. The third-order valence-electron chi connectivity index (χ3n) is 5.36. The molecule has 1 aliphatic heterocycles. The first-order chi connectivity index (χ1) is 10.4. The van der Waals surface area contributed by atoms with Crippen LogP contribution < -0.4 is 0 Å². The molecular formula is C16H22N2O4. The summed E-state index contributed by atoms with van der Waals surface area (Å²) in [6, 6.07) is 3.97. The first-order valence-electron chi connectivity index (χ1n) is 7.82. The van der Waals surface area contributed by atoms with Crippen LogP contribution in [0.15, 0.2) is 18.2 Å². The number of hydrogen-bond acceptors (Lipinski definition) is 5. The molecule has 3 rings (SSSR count). The summed E-state index contributed by atoms with van der Waals surface area (Å²) in [6.07, 6.45) is 4.45. The topological polar surface area (TPSA) is 86.8 Å². The quantitative estimate of drug-likeness (QED) is 0.648. The van der Waals surface area contributed by atoms with Crippen LogP contribution in [0.5, 0.6) is 5.75 Å². The molecule has 0 radical (unpaired) electrons. The Hall–Kier alpha value is -1.66. The van der Waals surface area contributed by atoms with Crippen LogP contribution in [0.25, 0.3) is 0 Å². The number of phenols is 1. The lowest BCUT2D eigenvalue weighted by atomic mass is 9.66. The molecule has 0 amide bonds. The maximum absolute atomic E-state index is 11.0. The molecule has 1 aromatic rings. The Bertz CT molecular complexity index is 592. The fourth-order valence-electron chi connectivity index (χ4n) is 4.17. The van der Waals surface area contributed by atoms with E-state index in [1.807, 2.05) is 7.05 Å². The normalized spacial score (nSPS) is 32.5. The number of phenolic OH excluding ortho intramolecular Hbond substituents is 1. The Morgan fingerprint density at radius 1 is 1.36 bits per heavy atom. The van der Waals surface area contributed by atoms with Gasteiger partial charge >= 0.3 is 0 Å². The smallest absolute Gasteiger partial charge is 0.270 e. The van der Waals surface area contributed by atoms with E-state index in [1.165, 1.54) is 18.2 Å². The fraction of sp³-hybridized carbons (Fsp3) is 0.625. The van der Waals surface area contributed by atoms with Crippen LogP contribution in [0.3, 0.4) is 0 Å². The van der Waals surface area contributed by atoms with E-state index in [0.717, 1.165) is 38.6 Å². The summed E-state index contributed by atoms with van der Waals surface area (Å²) >= 11 is 0. The number of piperidine rings is 1. The van der Waals surface area contributed by atoms with Crippen LogP contribution in [0, 0.1) is 16.0 Å². The second kappa shape index (κ2) is 5.52. The Morgan fingerprint density at radius 3 is 2.86 bits per heavy atom. The largest absolute Gasteiger partial charge is 0.508 e. The van der Waals surface area contributed by atoms with Gasteiger partial charge in [-0.05, 0) is 32.4 Å². The molecule has 0 spiro atoms. The van der Waals surface area contributed by atoms with Crippen molar-refractivity contribution in [1.82, 2.24) is 4.90 Å². The lowest BCUT2D eigenvalue weighted by Crippen LogP contribution is -2.53. The second-order valence-corrected chi connectivity index (χ2v) is 6.63. The number of aliphatic hydroxyl groups is 1. The van der Waals surface area contributed by atoms with Crippen LogP contribution in [-0.2, 0) is 0 Å². The molecule has 1 heterocycles. The summed E-state index contributed by atoms with van der Waals surface area (Å²) in [5, 5.41) is 32.2. The van der Waals surface area contributed by atoms with Crippen LogP contribution >= 0.6 is 0 Å². The first-order valence-corrected chi connectivity index (χ1v) is 7.82. The number of aromatic hydroxyl groups is 1. The van der Waals surface area contributed by atoms with Gasteiger partial charge < -0.3 is 10.2 Å². The van der Waals surface area contributed by atoms with E-state index in [2.05, 4.69) is 4.90 Å². The maximum atomic E-state index is 11.0. The number of nitrogens with zero attached hydrogens (tertiary/aromatic N) is 2. The average Bonchev–Trinajstić information content (AvgIpc) is 2.48. The molecule has 2 fully saturated rings. The van der Waals surface area contributed by atoms with E-state index in [1.54, 1.807) is 0 Å². The van der Waals surface area contributed by atoms with Gasteiger partial charge in [0.1, 0.15) is 5.75 Å². The Morgan fingerprint density at radius 2 is 2.14 bits per heavy atom. The number of nitro groups is 1. The lowest BCUT2D eigenvalue weighted by Gasteiger charge is -2.51. The molecule has 2 N–H and O–H groups in total. The van der Waals surface area contributed by atoms with Crippen LogP contribution in [0.1, 0.15) is 43.7 Å². The number of fused-ring (bicyclic) bond motifs is 1. The Labute approximate surface area is 129 Å². The minimum absolute atomic E-state index is 0.00732. The van der Waals surface area contributed by atoms with Gasteiger partial charge in [-0.3, -0.25) is 15.0 Å². The van der Waals surface area contributed by atoms with Crippen molar-refractivity contribution in [3.63, 3.8) is 0 Å². The lowest BCUT2D eigenvalue weighted by molar-refractivity contribution is -0.385. The van der Waals surface area contributed by atoms with Gasteiger partial charge in [-0.15, -0.1) is 0 Å². The predicted molar refractivity (Wildman–Crippen MR) is 81.7 cm³/mol. The summed E-state index contributed by atoms with van der Waals surface area (Å²) in [7, 11) is 1.96. The van der Waals surface area contributed by atoms with Gasteiger partial charge in [0.2, 0.25) is 0 Å². The standard InChI is InChI=1S/C16H22N2O4/c1-17-9-8-16(20)7-3-2-4-13(16)15(17)12-10-11(18(21)22)5-6-14(12)19/h5-6,10,13,15,19-20H,2-4,7-9H2,1H3/t13-,15+,16-/m1/s1. The molecule has 0 unspecified atom stereocenters. The van der Waals surface area contributed by atoms with Crippen molar-refractivity contribution in [3.8, 4) is 5.75 Å². The summed E-state index contributed by atoms with van der Waals surface area (Å²) in [5.74, 6) is 0.0742. The molecule has 1 aromatic carbocycles. The van der Waals surface area contributed by atoms with Gasteiger partial charge in [-0.25, -0.2) is 0 Å². The van der Waals surface area contributed by atoms with Crippen molar-refractivity contribution in [2.45, 2.75) is 43.7 Å². The molecule has 0 aromatic heterocycles. The van der Waals surface area contributed by atoms with E-state index in [9.17, 15) is 20.3 Å². The summed E-state index contributed by atoms with van der Waals surface area (Å²) in [6.45, 7) is 0.722. The van der Waals surface area contributed by atoms with E-state index in [-0.39, 0.29) is 23.4 Å². The fourth-order valence-corrected chi connectivity index (χ4v) is 4.17. The van der Waals surface area contributed by atoms with Crippen molar-refractivity contribution in [2.24, 2.45) is 5.92 Å². The second-order valence-electron chi connectivity index (χ2n) is 6.63. The van der Waals surface area contributed by atoms with Crippen LogP contribution in [-0.4, -0.2) is 39.2 Å². The molecule has 22 heavy (non-hydrogen) atoms. The highest BCUT2D eigenvalue weighted by Crippen LogP contribution is 2.50. The van der Waals surface area contributed by atoms with Gasteiger partial charge in [-0.2, -0.15) is 0 Å². The zero-order chi connectivity index (χ0) is 15.9. The van der Waals surface area contributed by atoms with E-state index in [4.69, 9.17) is 0 Å². The number of benzene rings is 1. The maximum Gasteiger partial charge on any atom is 0.270 e. The molecule has 1 aliphatic carbocycles. The summed E-state index contributed by atoms with van der Waals surface area (Å²) in [4.78, 5) is 12.7. The number of rotatable bonds is 2. The van der Waals surface area contributed by atoms with Crippen LogP contribution in [0.2, 0.25) is 0 Å². The highest BCUT2D eigenvalue weighted by atomic mass is 16.6. The van der Waals surface area contributed by atoms with Gasteiger partial charge in [0.15, 0.2) is 0 Å². The third-order valence-corrected chi connectivity index (χ3v) is 5.36. The summed E-state index contributed by atoms with van der Waals surface area (Å²) in [5.41, 5.74) is -0.181. The van der Waals surface area contributed by atoms with Gasteiger partial charge in [0.25, 0.3) is 5.69 Å². The first kappa shape index (κ1) is 15.2. The molecule has 6 heteroatoms. The van der Waals surface area contributed by atoms with Crippen molar-refractivity contribution in [3.05, 3.63) is 33.9 Å². The molecular weight excluding hydrogens is 284 g/mol. The van der Waals surface area contributed by atoms with Crippen molar-refractivity contribution >= 4 is 5.69 Å². The van der Waals surface area contributed by atoms with Crippen molar-refractivity contribution < 1.29 is 15.1 Å². The van der Waals surface area contributed by atoms with Gasteiger partial charge in [0.05, 0.1) is 10.5 Å². The molecule has 1 saturated carbocycles. The van der Waals surface area contributed by atoms with Crippen LogP contribution in [0.4, 0.5) is 5.69 Å². The molecule has 1 saturated heterocycles. The van der Waals surface area contributed by atoms with Crippen molar-refractivity contribution in [1.29, 1.82) is 0 Å². The van der Waals surface area contributed by atoms with E-state index in [0.29, 0.717) is 5.56 Å². The average molecular weight is 306 g/mol. The highest BCUT2D eigenvalue weighted by Gasteiger charge is 2.48. The SMILES string of the molecule is CN1CC[C@]2(O)CCCC[C@@H]2[C@@H]1c1cc([N+](=O)[O-])ccc1O. The van der Waals surface area contributed by atoms with Crippen molar-refractivity contribution in [2.75, 3.05) is 13.6 Å². The Kier molecular flexibility index (Phi) is 3.82. The molecule has 6 nitrogen and oxygen atoms in total. The Balaban J connectivity index is 2.04. The number of nitro benzene ring substituents is 1. The zero-order valence-electron chi connectivity index (χ0n) is 12.7. The minimum atomic E-state index is -0.716. The number of hydrogen-bond donors (Lipinski definition) is 2. The molecule has 2 aliphatic rings. The molecule has 120 valence electrons. The number of likely N-dealkylation sites (tertiary alicyclic amines) is 1. The predicted octanol–water partition coefficient (Wildman–Crippen LogP) is 2.60.